The average Bonchev–Trinajstić information content (AvgIpc) is 2.85. The number of nitrogens with zero attached hydrogens (tertiary/aromatic N) is 1. The van der Waals surface area contributed by atoms with E-state index >= 15 is 0 Å². The molecule has 3 heteroatoms. The van der Waals surface area contributed by atoms with Gasteiger partial charge >= 0.3 is 29.4 Å². The van der Waals surface area contributed by atoms with Gasteiger partial charge in [0.1, 0.15) is 5.60 Å². The SMILES string of the molecule is COC1(c2ccccn2)C(c2cccc(C)c2)=CC=CC1C(C)(C)c1ccccc1.[CH3][Zr]. The normalized spacial score (nSPS) is 20.1. The van der Waals surface area contributed by atoms with E-state index in [2.05, 4.69) is 104 Å². The molecule has 0 radical (unpaired) electrons. The number of pyridine rings is 1. The second-order valence-electron chi connectivity index (χ2n) is 8.55. The molecule has 0 fully saturated rings. The van der Waals surface area contributed by atoms with Crippen molar-refractivity contribution < 1.29 is 29.5 Å². The summed E-state index contributed by atoms with van der Waals surface area (Å²) in [5, 5.41) is 0. The second-order valence-corrected chi connectivity index (χ2v) is 8.55. The molecule has 1 aliphatic rings. The first-order chi connectivity index (χ1) is 15.5. The van der Waals surface area contributed by atoms with Crippen molar-refractivity contribution in [3.05, 3.63) is 120 Å². The quantitative estimate of drug-likeness (QED) is 0.373. The fraction of sp³-hybridized carbons (Fsp3) is 0.276. The van der Waals surface area contributed by atoms with Crippen molar-refractivity contribution >= 4 is 5.57 Å². The Hall–Kier alpha value is -2.09. The zero-order chi connectivity index (χ0) is 23.2. The van der Waals surface area contributed by atoms with Gasteiger partial charge in [0, 0.05) is 19.2 Å². The van der Waals surface area contributed by atoms with Gasteiger partial charge in [0.2, 0.25) is 0 Å². The van der Waals surface area contributed by atoms with E-state index in [4.69, 9.17) is 9.72 Å². The molecule has 4 rings (SSSR count). The van der Waals surface area contributed by atoms with Crippen LogP contribution in [0.25, 0.3) is 5.57 Å². The van der Waals surface area contributed by atoms with Gasteiger partial charge in [-0.25, -0.2) is 0 Å². The summed E-state index contributed by atoms with van der Waals surface area (Å²) in [6, 6.07) is 25.4. The molecule has 0 spiro atoms. The number of aromatic nitrogens is 1. The minimum atomic E-state index is -0.705. The molecule has 1 heterocycles. The van der Waals surface area contributed by atoms with Crippen LogP contribution in [0.5, 0.6) is 0 Å². The number of benzene rings is 2. The minimum absolute atomic E-state index is 0.0489. The molecule has 0 N–H and O–H groups in total. The molecule has 163 valence electrons. The van der Waals surface area contributed by atoms with Gasteiger partial charge in [0.25, 0.3) is 0 Å². The first kappa shape index (κ1) is 24.6. The topological polar surface area (TPSA) is 22.1 Å². The zero-order valence-corrected chi connectivity index (χ0v) is 22.1. The maximum absolute atomic E-state index is 6.51. The molecule has 32 heavy (non-hydrogen) atoms. The number of hydrogen-bond donors (Lipinski definition) is 0. The average molecular weight is 502 g/mol. The van der Waals surface area contributed by atoms with Crippen molar-refractivity contribution in [2.45, 2.75) is 36.4 Å². The number of ether oxygens (including phenoxy) is 1. The molecule has 0 amide bonds. The predicted molar refractivity (Wildman–Crippen MR) is 130 cm³/mol. The van der Waals surface area contributed by atoms with E-state index in [1.165, 1.54) is 16.7 Å². The van der Waals surface area contributed by atoms with Gasteiger partial charge in [-0.05, 0) is 41.2 Å². The third-order valence-corrected chi connectivity index (χ3v) is 6.40. The molecule has 2 atom stereocenters. The van der Waals surface area contributed by atoms with E-state index in [1.54, 1.807) is 24.7 Å². The molecule has 2 unspecified atom stereocenters. The van der Waals surface area contributed by atoms with Crippen LogP contribution in [0.4, 0.5) is 0 Å². The summed E-state index contributed by atoms with van der Waals surface area (Å²) in [5.41, 5.74) is 4.86. The Kier molecular flexibility index (Phi) is 8.20. The van der Waals surface area contributed by atoms with E-state index < -0.39 is 5.60 Å². The maximum atomic E-state index is 6.51. The fourth-order valence-corrected chi connectivity index (χ4v) is 4.83. The summed E-state index contributed by atoms with van der Waals surface area (Å²) in [7, 11) is 1.81. The van der Waals surface area contributed by atoms with Crippen LogP contribution in [-0.4, -0.2) is 12.1 Å². The van der Waals surface area contributed by atoms with Crippen molar-refractivity contribution in [1.82, 2.24) is 4.98 Å². The van der Waals surface area contributed by atoms with E-state index in [0.29, 0.717) is 0 Å². The first-order valence-corrected chi connectivity index (χ1v) is 13.4. The van der Waals surface area contributed by atoms with Crippen LogP contribution in [0.15, 0.2) is 97.2 Å². The third kappa shape index (κ3) is 4.52. The van der Waals surface area contributed by atoms with Crippen LogP contribution < -0.4 is 0 Å². The molecule has 1 aromatic heterocycles. The van der Waals surface area contributed by atoms with Crippen LogP contribution in [0.3, 0.4) is 0 Å². The van der Waals surface area contributed by atoms with Gasteiger partial charge in [-0.15, -0.1) is 0 Å². The molecular formula is C29H32NOZr. The van der Waals surface area contributed by atoms with Crippen LogP contribution in [-0.2, 0) is 40.5 Å². The van der Waals surface area contributed by atoms with Gasteiger partial charge in [-0.3, -0.25) is 4.98 Å². The Labute approximate surface area is 208 Å². The molecule has 0 saturated heterocycles. The van der Waals surface area contributed by atoms with Crippen LogP contribution >= 0.6 is 0 Å². The standard InChI is InChI=1S/C28H29NO.CH3.Zr/c1-21-12-10-13-22(20-21)24-16-11-17-25(27(2,3)23-14-6-5-7-15-23)28(24,30-4)26-18-8-9-19-29-26;;/h5-20,25H,1-4H3;1H3;. The van der Waals surface area contributed by atoms with Crippen molar-refractivity contribution in [2.24, 2.45) is 5.92 Å². The van der Waals surface area contributed by atoms with Gasteiger partial charge in [0.15, 0.2) is 0 Å². The Morgan fingerprint density at radius 1 is 0.938 bits per heavy atom. The molecule has 0 saturated carbocycles. The van der Waals surface area contributed by atoms with E-state index in [9.17, 15) is 0 Å². The molecule has 2 aromatic carbocycles. The van der Waals surface area contributed by atoms with E-state index in [-0.39, 0.29) is 11.3 Å². The number of aryl methyl sites for hydroxylation is 1. The molecule has 3 aromatic rings. The summed E-state index contributed by atoms with van der Waals surface area (Å²) >= 11 is 1.55. The summed E-state index contributed by atoms with van der Waals surface area (Å²) in [5.74, 6) is 0.0489. The Morgan fingerprint density at radius 3 is 2.28 bits per heavy atom. The monoisotopic (exact) mass is 500 g/mol. The molecular weight excluding hydrogens is 470 g/mol. The van der Waals surface area contributed by atoms with Crippen LogP contribution in [0.1, 0.15) is 36.2 Å². The molecule has 1 aliphatic carbocycles. The van der Waals surface area contributed by atoms with Crippen molar-refractivity contribution in [2.75, 3.05) is 7.11 Å². The van der Waals surface area contributed by atoms with Crippen molar-refractivity contribution in [3.8, 4) is 0 Å². The Morgan fingerprint density at radius 2 is 1.66 bits per heavy atom. The van der Waals surface area contributed by atoms with E-state index in [1.807, 2.05) is 25.4 Å². The number of hydrogen-bond acceptors (Lipinski definition) is 2. The van der Waals surface area contributed by atoms with Gasteiger partial charge in [0.05, 0.1) is 5.69 Å². The molecule has 2 nitrogen and oxygen atoms in total. The van der Waals surface area contributed by atoms with E-state index in [0.717, 1.165) is 11.3 Å². The van der Waals surface area contributed by atoms with Crippen molar-refractivity contribution in [3.63, 3.8) is 0 Å². The zero-order valence-electron chi connectivity index (χ0n) is 19.7. The summed E-state index contributed by atoms with van der Waals surface area (Å²) in [6.07, 6.45) is 8.50. The molecule has 0 aliphatic heterocycles. The summed E-state index contributed by atoms with van der Waals surface area (Å²) in [4.78, 5) is 4.80. The predicted octanol–water partition coefficient (Wildman–Crippen LogP) is 7.06. The summed E-state index contributed by atoms with van der Waals surface area (Å²) in [6.45, 7) is 6.73. The number of allylic oxidation sites excluding steroid dienone is 2. The summed E-state index contributed by atoms with van der Waals surface area (Å²) < 4.78 is 8.60. The number of rotatable bonds is 5. The van der Waals surface area contributed by atoms with Crippen LogP contribution in [0, 0.1) is 12.8 Å². The second kappa shape index (κ2) is 10.7. The molecule has 0 bridgehead atoms. The van der Waals surface area contributed by atoms with Crippen molar-refractivity contribution in [1.29, 1.82) is 0 Å². The number of methoxy groups -OCH3 is 1. The fourth-order valence-electron chi connectivity index (χ4n) is 4.83. The Bertz CT molecular complexity index is 1070. The van der Waals surface area contributed by atoms with Gasteiger partial charge in [-0.2, -0.15) is 0 Å². The third-order valence-electron chi connectivity index (χ3n) is 6.40. The first-order valence-electron chi connectivity index (χ1n) is 11.0. The van der Waals surface area contributed by atoms with Crippen LogP contribution in [0.2, 0.25) is 4.63 Å². The Balaban J connectivity index is 0.00000141. The van der Waals surface area contributed by atoms with Gasteiger partial charge < -0.3 is 4.74 Å². The van der Waals surface area contributed by atoms with Gasteiger partial charge in [-0.1, -0.05) is 98.3 Å².